The maximum Gasteiger partial charge on any atom is 0.261 e. The highest BCUT2D eigenvalue weighted by Crippen LogP contribution is 2.33. The monoisotopic (exact) mass is 474 g/mol. The van der Waals surface area contributed by atoms with Gasteiger partial charge in [0.1, 0.15) is 0 Å². The maximum absolute atomic E-state index is 12.6. The summed E-state index contributed by atoms with van der Waals surface area (Å²) in [5, 5.41) is 3.08. The maximum atomic E-state index is 12.6. The fourth-order valence-electron chi connectivity index (χ4n) is 2.91. The highest BCUT2D eigenvalue weighted by molar-refractivity contribution is 9.10. The molecule has 0 fully saturated rings. The smallest absolute Gasteiger partial charge is 0.261 e. The lowest BCUT2D eigenvalue weighted by Crippen LogP contribution is -2.24. The highest BCUT2D eigenvalue weighted by atomic mass is 79.9. The van der Waals surface area contributed by atoms with E-state index in [4.69, 9.17) is 15.2 Å². The SMILES string of the molecule is COc1cc(NC(=O)CCn2cnc3ccc(Br)cc3c2=O)c(C(N)=O)cc1OC. The molecule has 0 saturated carbocycles. The molecule has 0 saturated heterocycles. The molecule has 0 aliphatic carbocycles. The van der Waals surface area contributed by atoms with E-state index >= 15 is 0 Å². The number of halogens is 1. The Balaban J connectivity index is 1.80. The molecule has 0 bridgehead atoms. The van der Waals surface area contributed by atoms with Crippen molar-refractivity contribution in [2.75, 3.05) is 19.5 Å². The number of aryl methyl sites for hydroxylation is 1. The van der Waals surface area contributed by atoms with Gasteiger partial charge in [0.2, 0.25) is 5.91 Å². The molecule has 156 valence electrons. The molecule has 0 aliphatic rings. The molecule has 30 heavy (non-hydrogen) atoms. The Bertz CT molecular complexity index is 1190. The van der Waals surface area contributed by atoms with E-state index in [0.29, 0.717) is 22.4 Å². The van der Waals surface area contributed by atoms with E-state index < -0.39 is 11.8 Å². The van der Waals surface area contributed by atoms with Crippen LogP contribution < -0.4 is 26.1 Å². The van der Waals surface area contributed by atoms with E-state index in [0.717, 1.165) is 4.47 Å². The zero-order valence-electron chi connectivity index (χ0n) is 16.3. The van der Waals surface area contributed by atoms with Crippen LogP contribution in [0, 0.1) is 0 Å². The molecule has 2 amide bonds. The minimum atomic E-state index is -0.730. The predicted molar refractivity (Wildman–Crippen MR) is 115 cm³/mol. The van der Waals surface area contributed by atoms with Gasteiger partial charge in [-0.25, -0.2) is 4.98 Å². The molecule has 0 aliphatic heterocycles. The van der Waals surface area contributed by atoms with Gasteiger partial charge in [0.25, 0.3) is 11.5 Å². The Morgan fingerprint density at radius 1 is 1.17 bits per heavy atom. The molecule has 0 atom stereocenters. The number of primary amides is 1. The van der Waals surface area contributed by atoms with Crippen LogP contribution in [0.5, 0.6) is 11.5 Å². The molecule has 3 aromatic rings. The number of carbonyl (C=O) groups excluding carboxylic acids is 2. The van der Waals surface area contributed by atoms with Crippen molar-refractivity contribution in [3.8, 4) is 11.5 Å². The van der Waals surface area contributed by atoms with Gasteiger partial charge in [-0.05, 0) is 24.3 Å². The average Bonchev–Trinajstić information content (AvgIpc) is 2.73. The molecule has 10 heteroatoms. The fourth-order valence-corrected chi connectivity index (χ4v) is 3.27. The number of hydrogen-bond donors (Lipinski definition) is 2. The van der Waals surface area contributed by atoms with Crippen molar-refractivity contribution in [2.24, 2.45) is 5.73 Å². The number of ether oxygens (including phenoxy) is 2. The lowest BCUT2D eigenvalue weighted by Gasteiger charge is -2.14. The molecule has 3 rings (SSSR count). The summed E-state index contributed by atoms with van der Waals surface area (Å²) in [7, 11) is 2.86. The first-order chi connectivity index (χ1) is 14.3. The van der Waals surface area contributed by atoms with Gasteiger partial charge in [0.15, 0.2) is 11.5 Å². The van der Waals surface area contributed by atoms with E-state index in [-0.39, 0.29) is 29.8 Å². The van der Waals surface area contributed by atoms with Crippen LogP contribution >= 0.6 is 15.9 Å². The zero-order valence-corrected chi connectivity index (χ0v) is 17.9. The molecule has 3 N–H and O–H groups in total. The number of nitrogens with zero attached hydrogens (tertiary/aromatic N) is 2. The van der Waals surface area contributed by atoms with E-state index in [9.17, 15) is 14.4 Å². The topological polar surface area (TPSA) is 126 Å². The summed E-state index contributed by atoms with van der Waals surface area (Å²) in [6.07, 6.45) is 1.38. The molecular formula is C20H19BrN4O5. The van der Waals surface area contributed by atoms with Crippen molar-refractivity contribution in [3.63, 3.8) is 0 Å². The summed E-state index contributed by atoms with van der Waals surface area (Å²) >= 11 is 3.33. The number of fused-ring (bicyclic) bond motifs is 1. The summed E-state index contributed by atoms with van der Waals surface area (Å²) in [5.74, 6) is -0.500. The second-order valence-electron chi connectivity index (χ2n) is 6.32. The van der Waals surface area contributed by atoms with Crippen molar-refractivity contribution in [1.82, 2.24) is 9.55 Å². The highest BCUT2D eigenvalue weighted by Gasteiger charge is 2.17. The van der Waals surface area contributed by atoms with Crippen molar-refractivity contribution in [3.05, 3.63) is 57.0 Å². The normalized spacial score (nSPS) is 10.6. The van der Waals surface area contributed by atoms with Crippen LogP contribution in [0.3, 0.4) is 0 Å². The number of nitrogens with two attached hydrogens (primary N) is 1. The van der Waals surface area contributed by atoms with Gasteiger partial charge in [-0.1, -0.05) is 15.9 Å². The number of hydrogen-bond acceptors (Lipinski definition) is 6. The molecule has 1 heterocycles. The van der Waals surface area contributed by atoms with E-state index in [1.54, 1.807) is 18.2 Å². The van der Waals surface area contributed by atoms with Crippen LogP contribution in [0.2, 0.25) is 0 Å². The molecule has 0 radical (unpaired) electrons. The van der Waals surface area contributed by atoms with Gasteiger partial charge < -0.3 is 20.5 Å². The minimum absolute atomic E-state index is 0.0202. The number of rotatable bonds is 7. The number of methoxy groups -OCH3 is 2. The Morgan fingerprint density at radius 2 is 1.87 bits per heavy atom. The summed E-state index contributed by atoms with van der Waals surface area (Å²) in [4.78, 5) is 41.1. The van der Waals surface area contributed by atoms with Gasteiger partial charge in [0.05, 0.1) is 42.7 Å². The number of carbonyl (C=O) groups is 2. The third-order valence-corrected chi connectivity index (χ3v) is 4.92. The van der Waals surface area contributed by atoms with Crippen LogP contribution in [0.25, 0.3) is 10.9 Å². The van der Waals surface area contributed by atoms with E-state index in [2.05, 4.69) is 26.2 Å². The van der Waals surface area contributed by atoms with Gasteiger partial charge in [-0.3, -0.25) is 19.0 Å². The molecule has 0 unspecified atom stereocenters. The first-order valence-electron chi connectivity index (χ1n) is 8.84. The quantitative estimate of drug-likeness (QED) is 0.540. The summed E-state index contributed by atoms with van der Waals surface area (Å²) in [5.41, 5.74) is 6.00. The molecule has 9 nitrogen and oxygen atoms in total. The largest absolute Gasteiger partial charge is 0.493 e. The average molecular weight is 475 g/mol. The third-order valence-electron chi connectivity index (χ3n) is 4.43. The summed E-state index contributed by atoms with van der Waals surface area (Å²) < 4.78 is 12.5. The standard InChI is InChI=1S/C20H19BrN4O5/c1-29-16-8-12(19(22)27)15(9-17(16)30-2)24-18(26)5-6-25-10-23-14-4-3-11(21)7-13(14)20(25)28/h3-4,7-10H,5-6H2,1-2H3,(H2,22,27)(H,24,26). The Morgan fingerprint density at radius 3 is 2.53 bits per heavy atom. The second-order valence-corrected chi connectivity index (χ2v) is 7.24. The van der Waals surface area contributed by atoms with Crippen LogP contribution in [-0.4, -0.2) is 35.6 Å². The van der Waals surface area contributed by atoms with Crippen LogP contribution in [0.4, 0.5) is 5.69 Å². The van der Waals surface area contributed by atoms with Gasteiger partial charge in [-0.15, -0.1) is 0 Å². The first kappa shape index (κ1) is 21.3. The Labute approximate surface area is 179 Å². The Kier molecular flexibility index (Phi) is 6.36. The zero-order chi connectivity index (χ0) is 21.8. The predicted octanol–water partition coefficient (Wildman–Crippen LogP) is 2.30. The number of nitrogens with one attached hydrogen (secondary N) is 1. The van der Waals surface area contributed by atoms with Crippen molar-refractivity contribution >= 4 is 44.3 Å². The van der Waals surface area contributed by atoms with Gasteiger partial charge in [-0.2, -0.15) is 0 Å². The van der Waals surface area contributed by atoms with E-state index in [1.807, 2.05) is 0 Å². The fraction of sp³-hybridized carbons (Fsp3) is 0.200. The van der Waals surface area contributed by atoms with Crippen LogP contribution in [0.1, 0.15) is 16.8 Å². The molecular weight excluding hydrogens is 456 g/mol. The number of amides is 2. The number of aromatic nitrogens is 2. The van der Waals surface area contributed by atoms with E-state index in [1.165, 1.54) is 37.2 Å². The summed E-state index contributed by atoms with van der Waals surface area (Å²) in [6, 6.07) is 8.07. The van der Waals surface area contributed by atoms with Gasteiger partial charge in [0, 0.05) is 23.5 Å². The van der Waals surface area contributed by atoms with Crippen LogP contribution in [-0.2, 0) is 11.3 Å². The first-order valence-corrected chi connectivity index (χ1v) is 9.63. The van der Waals surface area contributed by atoms with Crippen molar-refractivity contribution in [2.45, 2.75) is 13.0 Å². The Hall–Kier alpha value is -3.40. The minimum Gasteiger partial charge on any atom is -0.493 e. The third kappa shape index (κ3) is 4.43. The van der Waals surface area contributed by atoms with Gasteiger partial charge >= 0.3 is 0 Å². The lowest BCUT2D eigenvalue weighted by molar-refractivity contribution is -0.116. The lowest BCUT2D eigenvalue weighted by atomic mass is 10.1. The molecule has 0 spiro atoms. The number of benzene rings is 2. The van der Waals surface area contributed by atoms with Crippen molar-refractivity contribution in [1.29, 1.82) is 0 Å². The summed E-state index contributed by atoms with van der Waals surface area (Å²) in [6.45, 7) is 0.110. The van der Waals surface area contributed by atoms with Crippen molar-refractivity contribution < 1.29 is 19.1 Å². The van der Waals surface area contributed by atoms with Crippen LogP contribution in [0.15, 0.2) is 45.9 Å². The number of anilines is 1. The molecule has 1 aromatic heterocycles. The molecule has 2 aromatic carbocycles. The second kappa shape index (κ2) is 8.95.